The highest BCUT2D eigenvalue weighted by atomic mass is 16.5. The molecule has 0 radical (unpaired) electrons. The number of carbonyl (C=O) groups excluding carboxylic acids is 1. The van der Waals surface area contributed by atoms with E-state index in [2.05, 4.69) is 12.2 Å². The molecule has 1 rings (SSSR count). The molecule has 3 nitrogen and oxygen atoms in total. The fraction of sp³-hybridized carbons (Fsp3) is 0.909. The molecule has 1 amide bonds. The normalized spacial score (nSPS) is 21.1. The summed E-state index contributed by atoms with van der Waals surface area (Å²) in [5.41, 5.74) is 0. The number of unbranched alkanes of at least 4 members (excludes halogenated alkanes) is 3. The first-order valence-corrected chi connectivity index (χ1v) is 5.74. The third-order valence-corrected chi connectivity index (χ3v) is 2.55. The Bertz CT molecular complexity index is 165. The fourth-order valence-electron chi connectivity index (χ4n) is 1.66. The Labute approximate surface area is 86.2 Å². The summed E-state index contributed by atoms with van der Waals surface area (Å²) in [5.74, 6) is 0.0824. The minimum absolute atomic E-state index is 0.0824. The third kappa shape index (κ3) is 4.09. The van der Waals surface area contributed by atoms with Crippen molar-refractivity contribution in [2.75, 3.05) is 13.2 Å². The molecule has 1 N–H and O–H groups in total. The second-order valence-electron chi connectivity index (χ2n) is 3.85. The van der Waals surface area contributed by atoms with E-state index in [-0.39, 0.29) is 12.0 Å². The third-order valence-electron chi connectivity index (χ3n) is 2.55. The maximum atomic E-state index is 11.4. The number of hydrogen-bond acceptors (Lipinski definition) is 2. The smallest absolute Gasteiger partial charge is 0.249 e. The lowest BCUT2D eigenvalue weighted by atomic mass is 10.2. The van der Waals surface area contributed by atoms with Gasteiger partial charge in [0.1, 0.15) is 6.10 Å². The highest BCUT2D eigenvalue weighted by Gasteiger charge is 2.22. The largest absolute Gasteiger partial charge is 0.368 e. The van der Waals surface area contributed by atoms with Gasteiger partial charge >= 0.3 is 0 Å². The molecule has 1 heterocycles. The van der Waals surface area contributed by atoms with Crippen molar-refractivity contribution in [2.45, 2.75) is 51.6 Å². The van der Waals surface area contributed by atoms with Crippen molar-refractivity contribution in [3.63, 3.8) is 0 Å². The van der Waals surface area contributed by atoms with Gasteiger partial charge in [-0.3, -0.25) is 4.79 Å². The summed E-state index contributed by atoms with van der Waals surface area (Å²) in [6.07, 6.45) is 6.54. The van der Waals surface area contributed by atoms with Crippen LogP contribution in [0.25, 0.3) is 0 Å². The topological polar surface area (TPSA) is 38.3 Å². The van der Waals surface area contributed by atoms with Crippen LogP contribution in [0, 0.1) is 0 Å². The molecule has 0 aromatic heterocycles. The number of hydrogen-bond donors (Lipinski definition) is 1. The summed E-state index contributed by atoms with van der Waals surface area (Å²) in [7, 11) is 0. The summed E-state index contributed by atoms with van der Waals surface area (Å²) in [6, 6.07) is 0. The van der Waals surface area contributed by atoms with Crippen molar-refractivity contribution in [1.29, 1.82) is 0 Å². The lowest BCUT2D eigenvalue weighted by Crippen LogP contribution is -2.34. The van der Waals surface area contributed by atoms with Gasteiger partial charge < -0.3 is 10.1 Å². The van der Waals surface area contributed by atoms with E-state index in [1.165, 1.54) is 19.3 Å². The molecule has 3 heteroatoms. The number of nitrogens with one attached hydrogen (secondary N) is 1. The second-order valence-corrected chi connectivity index (χ2v) is 3.85. The van der Waals surface area contributed by atoms with Gasteiger partial charge in [-0.15, -0.1) is 0 Å². The Hall–Kier alpha value is -0.570. The van der Waals surface area contributed by atoms with Crippen molar-refractivity contribution >= 4 is 5.91 Å². The van der Waals surface area contributed by atoms with Crippen molar-refractivity contribution in [3.05, 3.63) is 0 Å². The van der Waals surface area contributed by atoms with E-state index in [9.17, 15) is 4.79 Å². The van der Waals surface area contributed by atoms with Crippen LogP contribution >= 0.6 is 0 Å². The molecule has 1 aliphatic heterocycles. The first kappa shape index (κ1) is 11.5. The van der Waals surface area contributed by atoms with Crippen LogP contribution in [0.4, 0.5) is 0 Å². The predicted molar refractivity (Wildman–Crippen MR) is 56.1 cm³/mol. The van der Waals surface area contributed by atoms with Crippen molar-refractivity contribution < 1.29 is 9.53 Å². The van der Waals surface area contributed by atoms with Crippen LogP contribution in [0.5, 0.6) is 0 Å². The molecule has 82 valence electrons. The SMILES string of the molecule is CCCCCCNC(=O)C1CCCO1. The Balaban J connectivity index is 1.97. The second kappa shape index (κ2) is 6.82. The van der Waals surface area contributed by atoms with Crippen LogP contribution in [0.2, 0.25) is 0 Å². The van der Waals surface area contributed by atoms with Gasteiger partial charge in [-0.05, 0) is 19.3 Å². The summed E-state index contributed by atoms with van der Waals surface area (Å²) in [5, 5.41) is 2.92. The highest BCUT2D eigenvalue weighted by Crippen LogP contribution is 2.11. The lowest BCUT2D eigenvalue weighted by Gasteiger charge is -2.09. The molecule has 14 heavy (non-hydrogen) atoms. The molecule has 0 aromatic carbocycles. The average molecular weight is 199 g/mol. The average Bonchev–Trinajstić information content (AvgIpc) is 2.70. The van der Waals surface area contributed by atoms with Crippen LogP contribution in [-0.4, -0.2) is 25.2 Å². The minimum atomic E-state index is -0.166. The Morgan fingerprint density at radius 1 is 1.43 bits per heavy atom. The van der Waals surface area contributed by atoms with Gasteiger partial charge in [0.15, 0.2) is 0 Å². The van der Waals surface area contributed by atoms with E-state index < -0.39 is 0 Å². The van der Waals surface area contributed by atoms with Crippen molar-refractivity contribution in [3.8, 4) is 0 Å². The Kier molecular flexibility index (Phi) is 5.60. The fourth-order valence-corrected chi connectivity index (χ4v) is 1.66. The number of rotatable bonds is 6. The van der Waals surface area contributed by atoms with E-state index in [0.29, 0.717) is 0 Å². The first-order chi connectivity index (χ1) is 6.84. The van der Waals surface area contributed by atoms with Crippen LogP contribution in [0.3, 0.4) is 0 Å². The summed E-state index contributed by atoms with van der Waals surface area (Å²) in [4.78, 5) is 11.4. The molecule has 0 aromatic rings. The standard InChI is InChI=1S/C11H21NO2/c1-2-3-4-5-8-12-11(13)10-7-6-9-14-10/h10H,2-9H2,1H3,(H,12,13). The summed E-state index contributed by atoms with van der Waals surface area (Å²) < 4.78 is 5.28. The minimum Gasteiger partial charge on any atom is -0.368 e. The quantitative estimate of drug-likeness (QED) is 0.663. The first-order valence-electron chi connectivity index (χ1n) is 5.74. The van der Waals surface area contributed by atoms with E-state index in [4.69, 9.17) is 4.74 Å². The molecule has 0 saturated carbocycles. The summed E-state index contributed by atoms with van der Waals surface area (Å²) >= 11 is 0. The van der Waals surface area contributed by atoms with E-state index in [1.807, 2.05) is 0 Å². The lowest BCUT2D eigenvalue weighted by molar-refractivity contribution is -0.130. The molecule has 0 bridgehead atoms. The molecule has 1 atom stereocenters. The zero-order valence-corrected chi connectivity index (χ0v) is 9.05. The maximum absolute atomic E-state index is 11.4. The van der Waals surface area contributed by atoms with Gasteiger partial charge in [-0.1, -0.05) is 26.2 Å². The van der Waals surface area contributed by atoms with Gasteiger partial charge in [0.05, 0.1) is 0 Å². The van der Waals surface area contributed by atoms with Gasteiger partial charge in [-0.2, -0.15) is 0 Å². The Morgan fingerprint density at radius 2 is 2.29 bits per heavy atom. The number of ether oxygens (including phenoxy) is 1. The number of amides is 1. The summed E-state index contributed by atoms with van der Waals surface area (Å²) in [6.45, 7) is 3.73. The highest BCUT2D eigenvalue weighted by molar-refractivity contribution is 5.80. The molecule has 0 spiro atoms. The molecule has 1 unspecified atom stereocenters. The van der Waals surface area contributed by atoms with E-state index in [1.54, 1.807) is 0 Å². The van der Waals surface area contributed by atoms with E-state index >= 15 is 0 Å². The van der Waals surface area contributed by atoms with Crippen LogP contribution in [0.15, 0.2) is 0 Å². The van der Waals surface area contributed by atoms with Crippen LogP contribution in [-0.2, 0) is 9.53 Å². The van der Waals surface area contributed by atoms with Crippen molar-refractivity contribution in [1.82, 2.24) is 5.32 Å². The monoisotopic (exact) mass is 199 g/mol. The zero-order chi connectivity index (χ0) is 10.2. The molecule has 0 aliphatic carbocycles. The molecule has 1 fully saturated rings. The van der Waals surface area contributed by atoms with Crippen LogP contribution < -0.4 is 5.32 Å². The van der Waals surface area contributed by atoms with Gasteiger partial charge in [0, 0.05) is 13.2 Å². The Morgan fingerprint density at radius 3 is 2.93 bits per heavy atom. The predicted octanol–water partition coefficient (Wildman–Crippen LogP) is 1.86. The maximum Gasteiger partial charge on any atom is 0.249 e. The van der Waals surface area contributed by atoms with Crippen LogP contribution in [0.1, 0.15) is 45.4 Å². The van der Waals surface area contributed by atoms with E-state index in [0.717, 1.165) is 32.4 Å². The molecular formula is C11H21NO2. The zero-order valence-electron chi connectivity index (χ0n) is 9.05. The van der Waals surface area contributed by atoms with Gasteiger partial charge in [0.25, 0.3) is 0 Å². The van der Waals surface area contributed by atoms with Gasteiger partial charge in [0.2, 0.25) is 5.91 Å². The number of carbonyl (C=O) groups is 1. The van der Waals surface area contributed by atoms with Gasteiger partial charge in [-0.25, -0.2) is 0 Å². The molecule has 1 aliphatic rings. The molecule has 1 saturated heterocycles. The molecular weight excluding hydrogens is 178 g/mol. The van der Waals surface area contributed by atoms with Crippen molar-refractivity contribution in [2.24, 2.45) is 0 Å².